The van der Waals surface area contributed by atoms with Crippen molar-refractivity contribution in [3.05, 3.63) is 29.8 Å². The van der Waals surface area contributed by atoms with Gasteiger partial charge in [0.05, 0.1) is 11.0 Å². The number of piperidine rings is 1. The molecule has 1 aliphatic heterocycles. The Labute approximate surface area is 124 Å². The van der Waals surface area contributed by atoms with Gasteiger partial charge in [0.15, 0.2) is 0 Å². The second-order valence-electron chi connectivity index (χ2n) is 4.73. The lowest BCUT2D eigenvalue weighted by atomic mass is 10.1. The smallest absolute Gasteiger partial charge is 0.243 e. The van der Waals surface area contributed by atoms with Gasteiger partial charge in [0.25, 0.3) is 0 Å². The van der Waals surface area contributed by atoms with Crippen molar-refractivity contribution in [3.63, 3.8) is 0 Å². The minimum atomic E-state index is -3.44. The highest BCUT2D eigenvalue weighted by Crippen LogP contribution is 2.22. The van der Waals surface area contributed by atoms with Gasteiger partial charge in [-0.2, -0.15) is 4.31 Å². The van der Waals surface area contributed by atoms with Crippen LogP contribution in [-0.4, -0.2) is 44.0 Å². The standard InChI is InChI=1S/C13H18N2O3S2/c1-18-11-6-8-15(9-7-11)20(16,17)12-4-2-10(3-5-12)13(14)19/h2-5,11H,6-9H2,1H3,(H2,14,19). The first-order chi connectivity index (χ1) is 9.45. The van der Waals surface area contributed by atoms with Crippen molar-refractivity contribution < 1.29 is 13.2 Å². The van der Waals surface area contributed by atoms with Crippen LogP contribution in [0.5, 0.6) is 0 Å². The van der Waals surface area contributed by atoms with E-state index >= 15 is 0 Å². The van der Waals surface area contributed by atoms with E-state index in [1.807, 2.05) is 0 Å². The molecule has 1 fully saturated rings. The minimum absolute atomic E-state index is 0.151. The van der Waals surface area contributed by atoms with E-state index in [1.165, 1.54) is 4.31 Å². The van der Waals surface area contributed by atoms with Gasteiger partial charge in [-0.15, -0.1) is 0 Å². The van der Waals surface area contributed by atoms with E-state index in [9.17, 15) is 8.42 Å². The highest BCUT2D eigenvalue weighted by atomic mass is 32.2. The SMILES string of the molecule is COC1CCN(S(=O)(=O)c2ccc(C(N)=S)cc2)CC1. The zero-order valence-electron chi connectivity index (χ0n) is 11.3. The summed E-state index contributed by atoms with van der Waals surface area (Å²) in [6.07, 6.45) is 1.60. The summed E-state index contributed by atoms with van der Waals surface area (Å²) in [5.74, 6) is 0. The van der Waals surface area contributed by atoms with Crippen molar-refractivity contribution in [2.45, 2.75) is 23.8 Å². The summed E-state index contributed by atoms with van der Waals surface area (Å²) >= 11 is 4.85. The summed E-state index contributed by atoms with van der Waals surface area (Å²) < 4.78 is 31.7. The number of benzene rings is 1. The summed E-state index contributed by atoms with van der Waals surface area (Å²) in [5.41, 5.74) is 6.17. The molecule has 0 saturated carbocycles. The fraction of sp³-hybridized carbons (Fsp3) is 0.462. The van der Waals surface area contributed by atoms with Gasteiger partial charge in [-0.05, 0) is 25.0 Å². The zero-order chi connectivity index (χ0) is 14.8. The van der Waals surface area contributed by atoms with Crippen LogP contribution in [0, 0.1) is 0 Å². The molecule has 5 nitrogen and oxygen atoms in total. The molecule has 1 heterocycles. The number of thiocarbonyl (C=S) groups is 1. The molecule has 0 radical (unpaired) electrons. The molecular formula is C13H18N2O3S2. The van der Waals surface area contributed by atoms with Gasteiger partial charge in [0, 0.05) is 25.8 Å². The molecule has 0 aromatic heterocycles. The highest BCUT2D eigenvalue weighted by molar-refractivity contribution is 7.89. The molecule has 0 atom stereocenters. The Balaban J connectivity index is 2.16. The molecule has 1 saturated heterocycles. The molecule has 0 spiro atoms. The van der Waals surface area contributed by atoms with Crippen molar-refractivity contribution in [1.29, 1.82) is 0 Å². The number of sulfonamides is 1. The van der Waals surface area contributed by atoms with Gasteiger partial charge >= 0.3 is 0 Å². The summed E-state index contributed by atoms with van der Waals surface area (Å²) in [6, 6.07) is 6.37. The second kappa shape index (κ2) is 6.17. The Morgan fingerprint density at radius 1 is 1.30 bits per heavy atom. The van der Waals surface area contributed by atoms with E-state index in [1.54, 1.807) is 31.4 Å². The Morgan fingerprint density at radius 3 is 2.30 bits per heavy atom. The lowest BCUT2D eigenvalue weighted by Gasteiger charge is -2.30. The number of nitrogens with two attached hydrogens (primary N) is 1. The maximum Gasteiger partial charge on any atom is 0.243 e. The molecule has 1 aromatic rings. The number of methoxy groups -OCH3 is 1. The number of hydrogen-bond donors (Lipinski definition) is 1. The summed E-state index contributed by atoms with van der Waals surface area (Å²) in [6.45, 7) is 0.968. The van der Waals surface area contributed by atoms with Crippen LogP contribution >= 0.6 is 12.2 Å². The van der Waals surface area contributed by atoms with Gasteiger partial charge < -0.3 is 10.5 Å². The normalized spacial score (nSPS) is 18.1. The first kappa shape index (κ1) is 15.4. The maximum absolute atomic E-state index is 12.5. The number of nitrogens with zero attached hydrogens (tertiary/aromatic N) is 1. The third kappa shape index (κ3) is 3.17. The number of ether oxygens (including phenoxy) is 1. The van der Waals surface area contributed by atoms with E-state index in [2.05, 4.69) is 0 Å². The molecule has 0 aliphatic carbocycles. The van der Waals surface area contributed by atoms with Crippen LogP contribution in [0.4, 0.5) is 0 Å². The summed E-state index contributed by atoms with van der Waals surface area (Å²) in [5, 5.41) is 0. The average molecular weight is 314 g/mol. The number of rotatable bonds is 4. The van der Waals surface area contributed by atoms with E-state index in [0.717, 1.165) is 12.8 Å². The third-order valence-corrected chi connectivity index (χ3v) is 5.66. The summed E-state index contributed by atoms with van der Waals surface area (Å²) in [4.78, 5) is 0.531. The zero-order valence-corrected chi connectivity index (χ0v) is 12.9. The van der Waals surface area contributed by atoms with Crippen molar-refractivity contribution >= 4 is 27.2 Å². The van der Waals surface area contributed by atoms with E-state index in [0.29, 0.717) is 18.7 Å². The molecule has 1 aliphatic rings. The second-order valence-corrected chi connectivity index (χ2v) is 7.11. The Hall–Kier alpha value is -1.02. The van der Waals surface area contributed by atoms with Crippen molar-refractivity contribution in [1.82, 2.24) is 4.31 Å². The molecule has 0 unspecified atom stereocenters. The fourth-order valence-corrected chi connectivity index (χ4v) is 3.85. The van der Waals surface area contributed by atoms with Crippen LogP contribution in [0.25, 0.3) is 0 Å². The Morgan fingerprint density at radius 2 is 1.85 bits per heavy atom. The minimum Gasteiger partial charge on any atom is -0.389 e. The van der Waals surface area contributed by atoms with Crippen LogP contribution in [0.2, 0.25) is 0 Å². The first-order valence-electron chi connectivity index (χ1n) is 6.38. The van der Waals surface area contributed by atoms with Crippen molar-refractivity contribution in [2.24, 2.45) is 5.73 Å². The topological polar surface area (TPSA) is 72.6 Å². The molecule has 0 amide bonds. The summed E-state index contributed by atoms with van der Waals surface area (Å²) in [7, 11) is -1.79. The van der Waals surface area contributed by atoms with Crippen molar-refractivity contribution in [2.75, 3.05) is 20.2 Å². The van der Waals surface area contributed by atoms with Crippen LogP contribution in [0.1, 0.15) is 18.4 Å². The lowest BCUT2D eigenvalue weighted by molar-refractivity contribution is 0.0604. The lowest BCUT2D eigenvalue weighted by Crippen LogP contribution is -2.40. The molecular weight excluding hydrogens is 296 g/mol. The molecule has 1 aromatic carbocycles. The Bertz CT molecular complexity index is 576. The van der Waals surface area contributed by atoms with Crippen LogP contribution in [-0.2, 0) is 14.8 Å². The van der Waals surface area contributed by atoms with E-state index in [-0.39, 0.29) is 16.0 Å². The van der Waals surface area contributed by atoms with Crippen LogP contribution in [0.3, 0.4) is 0 Å². The molecule has 2 N–H and O–H groups in total. The largest absolute Gasteiger partial charge is 0.389 e. The van der Waals surface area contributed by atoms with Gasteiger partial charge in [-0.3, -0.25) is 0 Å². The molecule has 110 valence electrons. The average Bonchev–Trinajstić information content (AvgIpc) is 2.47. The van der Waals surface area contributed by atoms with Gasteiger partial charge in [-0.1, -0.05) is 24.4 Å². The molecule has 20 heavy (non-hydrogen) atoms. The van der Waals surface area contributed by atoms with E-state index < -0.39 is 10.0 Å². The van der Waals surface area contributed by atoms with Crippen molar-refractivity contribution in [3.8, 4) is 0 Å². The molecule has 2 rings (SSSR count). The maximum atomic E-state index is 12.5. The predicted octanol–water partition coefficient (Wildman–Crippen LogP) is 1.12. The van der Waals surface area contributed by atoms with Gasteiger partial charge in [0.2, 0.25) is 10.0 Å². The van der Waals surface area contributed by atoms with Gasteiger partial charge in [-0.25, -0.2) is 8.42 Å². The van der Waals surface area contributed by atoms with Gasteiger partial charge in [0.1, 0.15) is 4.99 Å². The van der Waals surface area contributed by atoms with Crippen LogP contribution < -0.4 is 5.73 Å². The van der Waals surface area contributed by atoms with E-state index in [4.69, 9.17) is 22.7 Å². The third-order valence-electron chi connectivity index (χ3n) is 3.51. The van der Waals surface area contributed by atoms with Crippen LogP contribution in [0.15, 0.2) is 29.2 Å². The first-order valence-corrected chi connectivity index (χ1v) is 8.23. The Kier molecular flexibility index (Phi) is 4.74. The predicted molar refractivity (Wildman–Crippen MR) is 81.1 cm³/mol. The molecule has 7 heteroatoms. The monoisotopic (exact) mass is 314 g/mol. The molecule has 0 bridgehead atoms. The fourth-order valence-electron chi connectivity index (χ4n) is 2.25. The number of hydrogen-bond acceptors (Lipinski definition) is 4. The quantitative estimate of drug-likeness (QED) is 0.843. The highest BCUT2D eigenvalue weighted by Gasteiger charge is 2.29.